The molecule has 1 aromatic carbocycles. The van der Waals surface area contributed by atoms with E-state index >= 15 is 0 Å². The van der Waals surface area contributed by atoms with Crippen LogP contribution in [-0.2, 0) is 19.1 Å². The van der Waals surface area contributed by atoms with E-state index in [-0.39, 0.29) is 23.9 Å². The fraction of sp³-hybridized carbons (Fsp3) is 0.538. The second-order valence-electron chi connectivity index (χ2n) is 9.77. The van der Waals surface area contributed by atoms with E-state index in [2.05, 4.69) is 19.2 Å². The lowest BCUT2D eigenvalue weighted by atomic mass is 9.68. The second kappa shape index (κ2) is 9.21. The highest BCUT2D eigenvalue weighted by Crippen LogP contribution is 2.49. The number of hydrogen-bond acceptors (Lipinski definition) is 7. The van der Waals surface area contributed by atoms with Crippen molar-refractivity contribution in [3.8, 4) is 11.5 Å². The van der Waals surface area contributed by atoms with Gasteiger partial charge < -0.3 is 24.3 Å². The number of ether oxygens (including phenoxy) is 4. The second-order valence-corrected chi connectivity index (χ2v) is 9.77. The predicted octanol–water partition coefficient (Wildman–Crippen LogP) is 4.03. The van der Waals surface area contributed by atoms with Crippen LogP contribution in [0.3, 0.4) is 0 Å². The summed E-state index contributed by atoms with van der Waals surface area (Å²) in [5.41, 5.74) is 3.20. The van der Waals surface area contributed by atoms with Gasteiger partial charge in [-0.1, -0.05) is 19.9 Å². The molecule has 0 radical (unpaired) electrons. The fourth-order valence-corrected chi connectivity index (χ4v) is 5.10. The van der Waals surface area contributed by atoms with E-state index in [0.29, 0.717) is 41.4 Å². The van der Waals surface area contributed by atoms with E-state index in [0.717, 1.165) is 30.5 Å². The lowest BCUT2D eigenvalue weighted by Crippen LogP contribution is -2.39. The van der Waals surface area contributed by atoms with Crippen molar-refractivity contribution in [1.82, 2.24) is 5.32 Å². The van der Waals surface area contributed by atoms with Crippen molar-refractivity contribution >= 4 is 11.8 Å². The molecular formula is C26H33NO6. The average molecular weight is 456 g/mol. The Labute approximate surface area is 195 Å². The zero-order valence-corrected chi connectivity index (χ0v) is 20.1. The van der Waals surface area contributed by atoms with Crippen LogP contribution in [0.2, 0.25) is 0 Å². The van der Waals surface area contributed by atoms with Crippen LogP contribution in [0.4, 0.5) is 0 Å². The highest BCUT2D eigenvalue weighted by atomic mass is 16.6. The highest BCUT2D eigenvalue weighted by Gasteiger charge is 2.44. The first-order chi connectivity index (χ1) is 15.7. The summed E-state index contributed by atoms with van der Waals surface area (Å²) in [5.74, 6) is 0.208. The molecule has 2 aliphatic heterocycles. The van der Waals surface area contributed by atoms with Gasteiger partial charge in [-0.2, -0.15) is 0 Å². The minimum absolute atomic E-state index is 0.0357. The van der Waals surface area contributed by atoms with Crippen molar-refractivity contribution in [3.63, 3.8) is 0 Å². The Morgan fingerprint density at radius 2 is 2.00 bits per heavy atom. The van der Waals surface area contributed by atoms with Gasteiger partial charge in [-0.05, 0) is 37.7 Å². The molecular weight excluding hydrogens is 422 g/mol. The van der Waals surface area contributed by atoms with Gasteiger partial charge in [-0.25, -0.2) is 4.79 Å². The summed E-state index contributed by atoms with van der Waals surface area (Å²) in [5, 5.41) is 3.36. The van der Waals surface area contributed by atoms with E-state index in [9.17, 15) is 9.59 Å². The molecule has 0 spiro atoms. The standard InChI is InChI=1S/C26H33NO6/c1-15-22(25(29)33-14-17-7-6-10-32-17)23(18-9-8-16(30-4)11-21(18)31-5)24-19(27-15)12-26(2,3)13-20(24)28/h8-9,11,17,23,27H,6-7,10,12-14H2,1-5H3. The Morgan fingerprint density at radius 3 is 2.67 bits per heavy atom. The molecule has 0 aromatic heterocycles. The lowest BCUT2D eigenvalue weighted by molar-refractivity contribution is -0.142. The van der Waals surface area contributed by atoms with E-state index in [1.54, 1.807) is 20.3 Å². The van der Waals surface area contributed by atoms with E-state index in [1.807, 2.05) is 19.1 Å². The number of esters is 1. The first-order valence-corrected chi connectivity index (χ1v) is 11.5. The average Bonchev–Trinajstić information content (AvgIpc) is 3.29. The molecule has 0 bridgehead atoms. The molecule has 0 amide bonds. The number of nitrogens with one attached hydrogen (secondary N) is 1. The summed E-state index contributed by atoms with van der Waals surface area (Å²) >= 11 is 0. The summed E-state index contributed by atoms with van der Waals surface area (Å²) in [6.07, 6.45) is 2.91. The van der Waals surface area contributed by atoms with Crippen molar-refractivity contribution in [2.75, 3.05) is 27.4 Å². The minimum Gasteiger partial charge on any atom is -0.497 e. The number of rotatable bonds is 6. The number of hydrogen-bond donors (Lipinski definition) is 1. The van der Waals surface area contributed by atoms with Crippen molar-refractivity contribution < 1.29 is 28.5 Å². The zero-order chi connectivity index (χ0) is 23.8. The first-order valence-electron chi connectivity index (χ1n) is 11.5. The minimum atomic E-state index is -0.581. The van der Waals surface area contributed by atoms with Crippen molar-refractivity contribution in [1.29, 1.82) is 0 Å². The summed E-state index contributed by atoms with van der Waals surface area (Å²) in [6, 6.07) is 5.47. The third-order valence-electron chi connectivity index (χ3n) is 6.64. The van der Waals surface area contributed by atoms with Crippen molar-refractivity contribution in [3.05, 3.63) is 46.3 Å². The van der Waals surface area contributed by atoms with Gasteiger partial charge in [0, 0.05) is 41.6 Å². The molecule has 0 saturated carbocycles. The van der Waals surface area contributed by atoms with Gasteiger partial charge in [0.15, 0.2) is 5.78 Å². The Balaban J connectivity index is 1.78. The topological polar surface area (TPSA) is 83.1 Å². The van der Waals surface area contributed by atoms with Crippen LogP contribution in [0.25, 0.3) is 0 Å². The predicted molar refractivity (Wildman–Crippen MR) is 123 cm³/mol. The SMILES string of the molecule is COc1ccc(C2C(C(=O)OCC3CCCO3)=C(C)NC3=C2C(=O)CC(C)(C)C3)c(OC)c1. The number of methoxy groups -OCH3 is 2. The van der Waals surface area contributed by atoms with Crippen LogP contribution >= 0.6 is 0 Å². The molecule has 3 aliphatic rings. The third-order valence-corrected chi connectivity index (χ3v) is 6.64. The molecule has 4 rings (SSSR count). The van der Waals surface area contributed by atoms with Crippen molar-refractivity contribution in [2.24, 2.45) is 5.41 Å². The molecule has 1 N–H and O–H groups in total. The van der Waals surface area contributed by atoms with Gasteiger partial charge in [0.25, 0.3) is 0 Å². The summed E-state index contributed by atoms with van der Waals surface area (Å²) in [4.78, 5) is 26.8. The number of Topliss-reactive ketones (excluding diaryl/α,β-unsaturated/α-hetero) is 1. The van der Waals surface area contributed by atoms with Crippen LogP contribution in [0, 0.1) is 5.41 Å². The Bertz CT molecular complexity index is 1020. The Kier molecular flexibility index (Phi) is 6.52. The van der Waals surface area contributed by atoms with Gasteiger partial charge in [-0.3, -0.25) is 4.79 Å². The van der Waals surface area contributed by atoms with Crippen molar-refractivity contribution in [2.45, 2.75) is 58.5 Å². The summed E-state index contributed by atoms with van der Waals surface area (Å²) < 4.78 is 22.3. The van der Waals surface area contributed by atoms with Crippen LogP contribution in [0.5, 0.6) is 11.5 Å². The maximum absolute atomic E-state index is 13.4. The molecule has 2 atom stereocenters. The number of ketones is 1. The largest absolute Gasteiger partial charge is 0.497 e. The van der Waals surface area contributed by atoms with Gasteiger partial charge >= 0.3 is 5.97 Å². The molecule has 7 nitrogen and oxygen atoms in total. The molecule has 7 heteroatoms. The summed E-state index contributed by atoms with van der Waals surface area (Å²) in [6.45, 7) is 6.93. The number of benzene rings is 1. The van der Waals surface area contributed by atoms with Gasteiger partial charge in [0.2, 0.25) is 0 Å². The van der Waals surface area contributed by atoms with Crippen LogP contribution in [-0.4, -0.2) is 45.3 Å². The van der Waals surface area contributed by atoms with Crippen LogP contribution < -0.4 is 14.8 Å². The van der Waals surface area contributed by atoms with Gasteiger partial charge in [0.05, 0.1) is 31.8 Å². The van der Waals surface area contributed by atoms with Gasteiger partial charge in [-0.15, -0.1) is 0 Å². The molecule has 2 heterocycles. The maximum atomic E-state index is 13.4. The number of carbonyl (C=O) groups excluding carboxylic acids is 2. The highest BCUT2D eigenvalue weighted by molar-refractivity contribution is 6.04. The normalized spacial score (nSPS) is 24.3. The molecule has 178 valence electrons. The molecule has 1 saturated heterocycles. The molecule has 33 heavy (non-hydrogen) atoms. The number of allylic oxidation sites excluding steroid dienone is 3. The monoisotopic (exact) mass is 455 g/mol. The van der Waals surface area contributed by atoms with E-state index in [4.69, 9.17) is 18.9 Å². The fourth-order valence-electron chi connectivity index (χ4n) is 5.10. The molecule has 1 aromatic rings. The zero-order valence-electron chi connectivity index (χ0n) is 20.1. The number of carbonyl (C=O) groups is 2. The Hall–Kier alpha value is -2.80. The molecule has 2 unspecified atom stereocenters. The molecule has 1 fully saturated rings. The first kappa shape index (κ1) is 23.4. The lowest BCUT2D eigenvalue weighted by Gasteiger charge is -2.39. The Morgan fingerprint density at radius 1 is 1.21 bits per heavy atom. The van der Waals surface area contributed by atoms with Gasteiger partial charge in [0.1, 0.15) is 18.1 Å². The van der Waals surface area contributed by atoms with E-state index < -0.39 is 11.9 Å². The molecule has 1 aliphatic carbocycles. The van der Waals surface area contributed by atoms with E-state index in [1.165, 1.54) is 0 Å². The number of dihydropyridines is 1. The third kappa shape index (κ3) is 4.64. The van der Waals surface area contributed by atoms with Crippen LogP contribution in [0.1, 0.15) is 57.9 Å². The maximum Gasteiger partial charge on any atom is 0.336 e. The summed E-state index contributed by atoms with van der Waals surface area (Å²) in [7, 11) is 3.16. The quantitative estimate of drug-likeness (QED) is 0.649. The smallest absolute Gasteiger partial charge is 0.336 e. The van der Waals surface area contributed by atoms with Crippen LogP contribution in [0.15, 0.2) is 40.7 Å².